The molecule has 0 spiro atoms. The lowest BCUT2D eigenvalue weighted by Gasteiger charge is -1.96. The molecule has 0 saturated carbocycles. The van der Waals surface area contributed by atoms with E-state index < -0.39 is 5.97 Å². The third kappa shape index (κ3) is 1.50. The Morgan fingerprint density at radius 3 is 2.50 bits per heavy atom. The highest BCUT2D eigenvalue weighted by Crippen LogP contribution is 2.42. The molecule has 0 aliphatic carbocycles. The molecule has 0 saturated heterocycles. The molecule has 0 atom stereocenters. The van der Waals surface area contributed by atoms with Gasteiger partial charge in [0.05, 0.1) is 7.11 Å². The molecular weight excluding hydrogens is 223 g/mol. The molecule has 0 fully saturated rings. The van der Waals surface area contributed by atoms with E-state index in [0.717, 1.165) is 11.3 Å². The van der Waals surface area contributed by atoms with Gasteiger partial charge in [-0.25, -0.2) is 4.79 Å². The molecule has 1 aromatic heterocycles. The van der Waals surface area contributed by atoms with Gasteiger partial charge >= 0.3 is 5.97 Å². The second-order valence-electron chi connectivity index (χ2n) is 1.86. The van der Waals surface area contributed by atoms with E-state index in [0.29, 0.717) is 0 Å². The number of ether oxygens (including phenoxy) is 1. The average molecular weight is 227 g/mol. The first kappa shape index (κ1) is 9.64. The summed E-state index contributed by atoms with van der Waals surface area (Å²) in [5.41, 5.74) is 0. The zero-order valence-electron chi connectivity index (χ0n) is 5.93. The number of thiophene rings is 1. The second-order valence-corrected chi connectivity index (χ2v) is 3.86. The SMILES string of the molecule is COc1c(C(=O)O)sc(Cl)c1Cl. The van der Waals surface area contributed by atoms with Gasteiger partial charge < -0.3 is 9.84 Å². The minimum absolute atomic E-state index is 0.0208. The van der Waals surface area contributed by atoms with Gasteiger partial charge in [0.2, 0.25) is 0 Å². The lowest BCUT2D eigenvalue weighted by Crippen LogP contribution is -1.95. The first-order valence-corrected chi connectivity index (χ1v) is 4.40. The Morgan fingerprint density at radius 1 is 1.58 bits per heavy atom. The Labute approximate surface area is 82.5 Å². The molecule has 0 radical (unpaired) electrons. The topological polar surface area (TPSA) is 46.5 Å². The molecule has 0 unspecified atom stereocenters. The molecule has 1 heterocycles. The predicted molar refractivity (Wildman–Crippen MR) is 47.9 cm³/mol. The van der Waals surface area contributed by atoms with Crippen molar-refractivity contribution in [1.29, 1.82) is 0 Å². The fraction of sp³-hybridized carbons (Fsp3) is 0.167. The number of halogens is 2. The molecule has 12 heavy (non-hydrogen) atoms. The summed E-state index contributed by atoms with van der Waals surface area (Å²) in [6.45, 7) is 0. The van der Waals surface area contributed by atoms with Crippen LogP contribution in [0.5, 0.6) is 5.75 Å². The van der Waals surface area contributed by atoms with Gasteiger partial charge in [0, 0.05) is 0 Å². The molecule has 0 bridgehead atoms. The van der Waals surface area contributed by atoms with E-state index in [1.165, 1.54) is 7.11 Å². The van der Waals surface area contributed by atoms with E-state index >= 15 is 0 Å². The molecule has 0 aliphatic rings. The summed E-state index contributed by atoms with van der Waals surface area (Å²) in [5.74, 6) is -0.968. The number of hydrogen-bond acceptors (Lipinski definition) is 3. The maximum absolute atomic E-state index is 10.6. The van der Waals surface area contributed by atoms with E-state index in [1.54, 1.807) is 0 Å². The van der Waals surface area contributed by atoms with Crippen molar-refractivity contribution in [2.45, 2.75) is 0 Å². The van der Waals surface area contributed by atoms with Gasteiger partial charge in [0.25, 0.3) is 0 Å². The van der Waals surface area contributed by atoms with E-state index in [2.05, 4.69) is 0 Å². The van der Waals surface area contributed by atoms with Crippen LogP contribution in [0.25, 0.3) is 0 Å². The second kappa shape index (κ2) is 3.51. The fourth-order valence-electron chi connectivity index (χ4n) is 0.693. The van der Waals surface area contributed by atoms with E-state index in [4.69, 9.17) is 33.0 Å². The molecule has 3 nitrogen and oxygen atoms in total. The lowest BCUT2D eigenvalue weighted by molar-refractivity contribution is 0.0699. The van der Waals surface area contributed by atoms with Crippen LogP contribution < -0.4 is 4.74 Å². The van der Waals surface area contributed by atoms with Crippen molar-refractivity contribution in [3.8, 4) is 5.75 Å². The predicted octanol–water partition coefficient (Wildman–Crippen LogP) is 2.76. The Morgan fingerprint density at radius 2 is 2.17 bits per heavy atom. The van der Waals surface area contributed by atoms with Crippen molar-refractivity contribution >= 4 is 40.5 Å². The molecule has 0 amide bonds. The summed E-state index contributed by atoms with van der Waals surface area (Å²) in [5, 5.41) is 8.80. The minimum atomic E-state index is -1.09. The number of rotatable bonds is 2. The molecule has 1 N–H and O–H groups in total. The number of methoxy groups -OCH3 is 1. The Bertz CT molecular complexity index is 321. The fourth-order valence-corrected chi connectivity index (χ4v) is 2.08. The first-order chi connectivity index (χ1) is 5.57. The first-order valence-electron chi connectivity index (χ1n) is 2.83. The van der Waals surface area contributed by atoms with Crippen LogP contribution in [0, 0.1) is 0 Å². The number of carboxylic acid groups (broad SMARTS) is 1. The molecular formula is C6H4Cl2O3S. The highest BCUT2D eigenvalue weighted by molar-refractivity contribution is 7.19. The van der Waals surface area contributed by atoms with Crippen molar-refractivity contribution in [1.82, 2.24) is 0 Å². The summed E-state index contributed by atoms with van der Waals surface area (Å²) in [6.07, 6.45) is 0. The van der Waals surface area contributed by atoms with Gasteiger partial charge in [0.15, 0.2) is 10.6 Å². The summed E-state index contributed by atoms with van der Waals surface area (Å²) >= 11 is 12.1. The van der Waals surface area contributed by atoms with Crippen LogP contribution in [-0.2, 0) is 0 Å². The van der Waals surface area contributed by atoms with Gasteiger partial charge in [-0.3, -0.25) is 0 Å². The summed E-state index contributed by atoms with van der Waals surface area (Å²) in [6, 6.07) is 0. The van der Waals surface area contributed by atoms with E-state index in [9.17, 15) is 4.79 Å². The maximum atomic E-state index is 10.6. The molecule has 0 aromatic carbocycles. The van der Waals surface area contributed by atoms with Gasteiger partial charge in [0.1, 0.15) is 9.36 Å². The van der Waals surface area contributed by atoms with Crippen LogP contribution >= 0.6 is 34.5 Å². The van der Waals surface area contributed by atoms with Crippen LogP contribution in [0.4, 0.5) is 0 Å². The quantitative estimate of drug-likeness (QED) is 0.844. The summed E-state index contributed by atoms with van der Waals surface area (Å²) in [7, 11) is 1.34. The van der Waals surface area contributed by atoms with Crippen LogP contribution in [0.15, 0.2) is 0 Å². The van der Waals surface area contributed by atoms with Gasteiger partial charge in [-0.2, -0.15) is 0 Å². The van der Waals surface area contributed by atoms with Gasteiger partial charge in [-0.15, -0.1) is 11.3 Å². The van der Waals surface area contributed by atoms with Crippen molar-refractivity contribution in [3.05, 3.63) is 14.2 Å². The van der Waals surface area contributed by atoms with Crippen molar-refractivity contribution < 1.29 is 14.6 Å². The Hall–Kier alpha value is -0.450. The highest BCUT2D eigenvalue weighted by atomic mass is 35.5. The van der Waals surface area contributed by atoms with Crippen molar-refractivity contribution in [2.75, 3.05) is 7.11 Å². The minimum Gasteiger partial charge on any atom is -0.493 e. The molecule has 1 aromatic rings. The monoisotopic (exact) mass is 226 g/mol. The highest BCUT2D eigenvalue weighted by Gasteiger charge is 2.20. The molecule has 6 heteroatoms. The van der Waals surface area contributed by atoms with E-state index in [-0.39, 0.29) is 20.0 Å². The Kier molecular flexibility index (Phi) is 2.82. The van der Waals surface area contributed by atoms with Gasteiger partial charge in [-0.1, -0.05) is 23.2 Å². The number of aromatic carboxylic acids is 1. The zero-order chi connectivity index (χ0) is 9.30. The smallest absolute Gasteiger partial charge is 0.349 e. The number of carbonyl (C=O) groups is 1. The number of hydrogen-bond donors (Lipinski definition) is 1. The van der Waals surface area contributed by atoms with Crippen LogP contribution in [0.2, 0.25) is 9.36 Å². The number of carboxylic acids is 1. The third-order valence-electron chi connectivity index (χ3n) is 1.17. The van der Waals surface area contributed by atoms with Crippen LogP contribution in [0.1, 0.15) is 9.67 Å². The third-order valence-corrected chi connectivity index (χ3v) is 3.11. The zero-order valence-corrected chi connectivity index (χ0v) is 8.26. The summed E-state index contributed by atoms with van der Waals surface area (Å²) in [4.78, 5) is 10.6. The molecule has 0 aliphatic heterocycles. The van der Waals surface area contributed by atoms with Crippen molar-refractivity contribution in [3.63, 3.8) is 0 Å². The molecule has 66 valence electrons. The van der Waals surface area contributed by atoms with E-state index in [1.807, 2.05) is 0 Å². The van der Waals surface area contributed by atoms with Crippen LogP contribution in [-0.4, -0.2) is 18.2 Å². The summed E-state index contributed by atoms with van der Waals surface area (Å²) < 4.78 is 5.00. The van der Waals surface area contributed by atoms with Crippen LogP contribution in [0.3, 0.4) is 0 Å². The van der Waals surface area contributed by atoms with Crippen molar-refractivity contribution in [2.24, 2.45) is 0 Å². The largest absolute Gasteiger partial charge is 0.493 e. The standard InChI is InChI=1S/C6H4Cl2O3S/c1-11-3-2(7)5(8)12-4(3)6(9)10/h1H3,(H,9,10). The Balaban J connectivity index is 3.29. The maximum Gasteiger partial charge on any atom is 0.349 e. The normalized spacial score (nSPS) is 9.92. The molecule has 1 rings (SSSR count). The average Bonchev–Trinajstić information content (AvgIpc) is 2.29. The lowest BCUT2D eigenvalue weighted by atomic mass is 10.4. The van der Waals surface area contributed by atoms with Gasteiger partial charge in [-0.05, 0) is 0 Å².